The van der Waals surface area contributed by atoms with Gasteiger partial charge in [0.1, 0.15) is 5.76 Å². The summed E-state index contributed by atoms with van der Waals surface area (Å²) in [5, 5.41) is 0. The molecule has 1 unspecified atom stereocenters. The number of rotatable bonds is 6. The molecule has 20 heavy (non-hydrogen) atoms. The van der Waals surface area contributed by atoms with Gasteiger partial charge in [0.2, 0.25) is 0 Å². The van der Waals surface area contributed by atoms with Crippen molar-refractivity contribution in [1.82, 2.24) is 0 Å². The number of thioether (sulfide) groups is 1. The SMILES string of the molecule is CCCCC1CCCC(SC)=C1OS(=O)(=O)C(F)(F)F. The molecule has 0 fully saturated rings. The maximum atomic E-state index is 12.5. The number of hydrogen-bond acceptors (Lipinski definition) is 4. The normalized spacial score (nSPS) is 21.1. The maximum Gasteiger partial charge on any atom is 0.534 e. The quantitative estimate of drug-likeness (QED) is 0.533. The fraction of sp³-hybridized carbons (Fsp3) is 0.833. The lowest BCUT2D eigenvalue weighted by Gasteiger charge is -2.27. The van der Waals surface area contributed by atoms with E-state index in [1.54, 1.807) is 6.26 Å². The maximum absolute atomic E-state index is 12.5. The molecule has 1 aliphatic rings. The van der Waals surface area contributed by atoms with Crippen LogP contribution in [0.2, 0.25) is 0 Å². The molecule has 1 aliphatic carbocycles. The Morgan fingerprint density at radius 3 is 2.55 bits per heavy atom. The first-order chi connectivity index (χ1) is 9.23. The van der Waals surface area contributed by atoms with Gasteiger partial charge in [0.15, 0.2) is 0 Å². The van der Waals surface area contributed by atoms with Gasteiger partial charge in [0.05, 0.1) is 0 Å². The van der Waals surface area contributed by atoms with Gasteiger partial charge in [-0.25, -0.2) is 0 Å². The van der Waals surface area contributed by atoms with Crippen molar-refractivity contribution in [3.63, 3.8) is 0 Å². The number of allylic oxidation sites excluding steroid dienone is 2. The van der Waals surface area contributed by atoms with Crippen LogP contribution in [0.4, 0.5) is 13.2 Å². The molecule has 8 heteroatoms. The van der Waals surface area contributed by atoms with Crippen molar-refractivity contribution < 1.29 is 25.8 Å². The van der Waals surface area contributed by atoms with E-state index in [1.165, 1.54) is 11.8 Å². The van der Waals surface area contributed by atoms with Gasteiger partial charge in [-0.05, 0) is 31.9 Å². The topological polar surface area (TPSA) is 43.4 Å². The van der Waals surface area contributed by atoms with E-state index in [9.17, 15) is 21.6 Å². The molecule has 0 bridgehead atoms. The molecule has 1 atom stereocenters. The van der Waals surface area contributed by atoms with Gasteiger partial charge in [-0.15, -0.1) is 11.8 Å². The van der Waals surface area contributed by atoms with Crippen LogP contribution in [0.5, 0.6) is 0 Å². The third kappa shape index (κ3) is 4.31. The van der Waals surface area contributed by atoms with Crippen LogP contribution in [0.3, 0.4) is 0 Å². The van der Waals surface area contributed by atoms with Gasteiger partial charge in [-0.1, -0.05) is 19.8 Å². The van der Waals surface area contributed by atoms with Crippen molar-refractivity contribution in [3.05, 3.63) is 10.7 Å². The molecular formula is C12H19F3O3S2. The monoisotopic (exact) mass is 332 g/mol. The average molecular weight is 332 g/mol. The van der Waals surface area contributed by atoms with E-state index < -0.39 is 15.6 Å². The molecule has 1 rings (SSSR count). The summed E-state index contributed by atoms with van der Waals surface area (Å²) in [4.78, 5) is 0.616. The smallest absolute Gasteiger partial charge is 0.379 e. The Labute approximate surface area is 122 Å². The summed E-state index contributed by atoms with van der Waals surface area (Å²) in [6.45, 7) is 1.98. The van der Waals surface area contributed by atoms with E-state index in [0.29, 0.717) is 24.2 Å². The van der Waals surface area contributed by atoms with Crippen LogP contribution < -0.4 is 0 Å². The fourth-order valence-corrected chi connectivity index (χ4v) is 3.58. The van der Waals surface area contributed by atoms with Gasteiger partial charge in [-0.2, -0.15) is 21.6 Å². The van der Waals surface area contributed by atoms with Crippen molar-refractivity contribution in [2.45, 2.75) is 51.0 Å². The highest BCUT2D eigenvalue weighted by Gasteiger charge is 2.49. The third-order valence-corrected chi connectivity index (χ3v) is 5.10. The lowest BCUT2D eigenvalue weighted by Crippen LogP contribution is -2.28. The molecule has 118 valence electrons. The highest BCUT2D eigenvalue weighted by molar-refractivity contribution is 8.02. The Hall–Kier alpha value is -0.370. The summed E-state index contributed by atoms with van der Waals surface area (Å²) in [6, 6.07) is 0. The van der Waals surface area contributed by atoms with Crippen LogP contribution in [0.25, 0.3) is 0 Å². The lowest BCUT2D eigenvalue weighted by atomic mass is 9.89. The largest absolute Gasteiger partial charge is 0.534 e. The average Bonchev–Trinajstić information content (AvgIpc) is 2.35. The molecule has 0 amide bonds. The van der Waals surface area contributed by atoms with Crippen molar-refractivity contribution in [3.8, 4) is 0 Å². The minimum Gasteiger partial charge on any atom is -0.379 e. The van der Waals surface area contributed by atoms with E-state index in [4.69, 9.17) is 0 Å². The molecule has 0 aromatic heterocycles. The Morgan fingerprint density at radius 2 is 2.05 bits per heavy atom. The van der Waals surface area contributed by atoms with E-state index in [1.807, 2.05) is 6.92 Å². The summed E-state index contributed by atoms with van der Waals surface area (Å²) < 4.78 is 64.3. The van der Waals surface area contributed by atoms with Gasteiger partial charge in [0, 0.05) is 10.8 Å². The first kappa shape index (κ1) is 17.7. The Morgan fingerprint density at radius 1 is 1.40 bits per heavy atom. The minimum atomic E-state index is -5.57. The molecule has 0 N–H and O–H groups in total. The second-order valence-corrected chi connectivity index (χ2v) is 7.15. The molecular weight excluding hydrogens is 313 g/mol. The molecule has 3 nitrogen and oxygen atoms in total. The van der Waals surface area contributed by atoms with Gasteiger partial charge < -0.3 is 4.18 Å². The summed E-state index contributed by atoms with van der Waals surface area (Å²) in [5.74, 6) is -0.224. The second kappa shape index (κ2) is 7.06. The van der Waals surface area contributed by atoms with Crippen molar-refractivity contribution in [1.29, 1.82) is 0 Å². The Balaban J connectivity index is 3.03. The van der Waals surface area contributed by atoms with Crippen molar-refractivity contribution in [2.24, 2.45) is 5.92 Å². The van der Waals surface area contributed by atoms with E-state index in [0.717, 1.165) is 19.3 Å². The Kier molecular flexibility index (Phi) is 6.25. The van der Waals surface area contributed by atoms with Crippen LogP contribution in [0, 0.1) is 5.92 Å². The van der Waals surface area contributed by atoms with Gasteiger partial charge >= 0.3 is 15.6 Å². The number of halogens is 3. The number of unbranched alkanes of at least 4 members (excludes halogenated alkanes) is 1. The highest BCUT2D eigenvalue weighted by Crippen LogP contribution is 2.41. The van der Waals surface area contributed by atoms with E-state index in [2.05, 4.69) is 4.18 Å². The van der Waals surface area contributed by atoms with Crippen LogP contribution in [0.1, 0.15) is 45.4 Å². The molecule has 0 heterocycles. The summed E-state index contributed by atoms with van der Waals surface area (Å²) in [6.07, 6.45) is 6.22. The molecule has 0 aromatic rings. The molecule has 0 radical (unpaired) electrons. The van der Waals surface area contributed by atoms with Gasteiger partial charge in [-0.3, -0.25) is 0 Å². The number of alkyl halides is 3. The predicted molar refractivity (Wildman–Crippen MR) is 73.5 cm³/mol. The molecule has 0 saturated carbocycles. The molecule has 0 aliphatic heterocycles. The summed E-state index contributed by atoms with van der Waals surface area (Å²) in [7, 11) is -5.57. The van der Waals surface area contributed by atoms with Crippen molar-refractivity contribution in [2.75, 3.05) is 6.26 Å². The predicted octanol–water partition coefficient (Wildman–Crippen LogP) is 4.42. The summed E-state index contributed by atoms with van der Waals surface area (Å²) in [5.41, 5.74) is -5.38. The van der Waals surface area contributed by atoms with Crippen LogP contribution in [-0.4, -0.2) is 20.2 Å². The van der Waals surface area contributed by atoms with Crippen molar-refractivity contribution >= 4 is 21.9 Å². The first-order valence-electron chi connectivity index (χ1n) is 6.50. The zero-order valence-electron chi connectivity index (χ0n) is 11.5. The van der Waals surface area contributed by atoms with Crippen LogP contribution in [0.15, 0.2) is 10.7 Å². The second-order valence-electron chi connectivity index (χ2n) is 4.71. The van der Waals surface area contributed by atoms with Crippen LogP contribution in [-0.2, 0) is 14.3 Å². The van der Waals surface area contributed by atoms with Gasteiger partial charge in [0.25, 0.3) is 0 Å². The lowest BCUT2D eigenvalue weighted by molar-refractivity contribution is -0.0528. The zero-order valence-corrected chi connectivity index (χ0v) is 13.1. The highest BCUT2D eigenvalue weighted by atomic mass is 32.2. The summed E-state index contributed by atoms with van der Waals surface area (Å²) >= 11 is 1.27. The van der Waals surface area contributed by atoms with E-state index >= 15 is 0 Å². The minimum absolute atomic E-state index is 0.00882. The zero-order chi connectivity index (χ0) is 15.4. The Bertz CT molecular complexity index is 455. The molecule has 0 saturated heterocycles. The third-order valence-electron chi connectivity index (χ3n) is 3.24. The first-order valence-corrected chi connectivity index (χ1v) is 9.14. The van der Waals surface area contributed by atoms with Crippen LogP contribution >= 0.6 is 11.8 Å². The fourth-order valence-electron chi connectivity index (χ4n) is 2.20. The van der Waals surface area contributed by atoms with E-state index in [-0.39, 0.29) is 11.7 Å². The molecule has 0 spiro atoms. The number of hydrogen-bond donors (Lipinski definition) is 0. The molecule has 0 aromatic carbocycles. The standard InChI is InChI=1S/C12H19F3O3S2/c1-3-4-6-9-7-5-8-10(19-2)11(9)18-20(16,17)12(13,14)15/h9H,3-8H2,1-2H3.